The van der Waals surface area contributed by atoms with Crippen LogP contribution in [0.25, 0.3) is 0 Å². The Hall–Kier alpha value is -1.75. The highest BCUT2D eigenvalue weighted by atomic mass is 16.5. The number of ether oxygens (including phenoxy) is 2. The van der Waals surface area contributed by atoms with Gasteiger partial charge in [0.2, 0.25) is 0 Å². The Morgan fingerprint density at radius 3 is 2.61 bits per heavy atom. The molecule has 2 atom stereocenters. The van der Waals surface area contributed by atoms with Crippen LogP contribution in [-0.4, -0.2) is 42.6 Å². The van der Waals surface area contributed by atoms with E-state index >= 15 is 0 Å². The van der Waals surface area contributed by atoms with E-state index in [4.69, 9.17) is 15.2 Å². The van der Waals surface area contributed by atoms with Crippen molar-refractivity contribution in [2.24, 2.45) is 5.73 Å². The molecule has 1 fully saturated rings. The Balaban J connectivity index is 2.24. The van der Waals surface area contributed by atoms with E-state index in [-0.39, 0.29) is 24.1 Å². The molecule has 0 aliphatic carbocycles. The van der Waals surface area contributed by atoms with E-state index in [1.807, 2.05) is 25.7 Å². The van der Waals surface area contributed by atoms with Gasteiger partial charge >= 0.3 is 0 Å². The molecule has 1 aromatic carbocycles. The van der Waals surface area contributed by atoms with Gasteiger partial charge in [-0.05, 0) is 58.2 Å². The number of nitrogens with two attached hydrogens (primary N) is 1. The van der Waals surface area contributed by atoms with Crippen molar-refractivity contribution in [2.75, 3.05) is 13.7 Å². The van der Waals surface area contributed by atoms with Gasteiger partial charge in [0, 0.05) is 24.2 Å². The Kier molecular flexibility index (Phi) is 5.88. The summed E-state index contributed by atoms with van der Waals surface area (Å²) in [6.45, 7) is 6.65. The first kappa shape index (κ1) is 17.6. The summed E-state index contributed by atoms with van der Waals surface area (Å²) in [5.74, 6) is 1.25. The van der Waals surface area contributed by atoms with Gasteiger partial charge in [-0.15, -0.1) is 0 Å². The molecule has 0 unspecified atom stereocenters. The maximum atomic E-state index is 12.9. The number of likely N-dealkylation sites (tertiary alicyclic amines) is 1. The summed E-state index contributed by atoms with van der Waals surface area (Å²) in [7, 11) is 1.59. The molecule has 2 N–H and O–H groups in total. The number of hydrogen-bond donors (Lipinski definition) is 1. The van der Waals surface area contributed by atoms with Crippen molar-refractivity contribution in [3.8, 4) is 11.5 Å². The average molecular weight is 320 g/mol. The molecule has 128 valence electrons. The van der Waals surface area contributed by atoms with Gasteiger partial charge in [0.25, 0.3) is 5.91 Å². The van der Waals surface area contributed by atoms with Gasteiger partial charge < -0.3 is 20.1 Å². The second-order valence-corrected chi connectivity index (χ2v) is 6.45. The topological polar surface area (TPSA) is 64.8 Å². The normalized spacial score (nSPS) is 19.6. The molecule has 0 spiro atoms. The minimum atomic E-state index is -0.0234. The lowest BCUT2D eigenvalue weighted by Gasteiger charge is -2.38. The summed E-state index contributed by atoms with van der Waals surface area (Å²) >= 11 is 0. The lowest BCUT2D eigenvalue weighted by Crippen LogP contribution is -2.51. The summed E-state index contributed by atoms with van der Waals surface area (Å²) < 4.78 is 11.1. The van der Waals surface area contributed by atoms with Crippen LogP contribution >= 0.6 is 0 Å². The molecule has 1 heterocycles. The number of carbonyl (C=O) groups is 1. The van der Waals surface area contributed by atoms with E-state index in [2.05, 4.69) is 0 Å². The number of methoxy groups -OCH3 is 1. The van der Waals surface area contributed by atoms with Gasteiger partial charge in [0.15, 0.2) is 11.5 Å². The molecule has 0 radical (unpaired) electrons. The van der Waals surface area contributed by atoms with Gasteiger partial charge in [0.05, 0.1) is 13.2 Å². The first-order valence-electron chi connectivity index (χ1n) is 8.35. The molecule has 1 saturated heterocycles. The molecule has 1 aliphatic rings. The minimum Gasteiger partial charge on any atom is -0.493 e. The third-order valence-corrected chi connectivity index (χ3v) is 4.19. The van der Waals surface area contributed by atoms with Crippen molar-refractivity contribution in [2.45, 2.75) is 58.2 Å². The molecule has 5 heteroatoms. The van der Waals surface area contributed by atoms with Gasteiger partial charge in [-0.3, -0.25) is 4.79 Å². The molecule has 0 aromatic heterocycles. The van der Waals surface area contributed by atoms with Gasteiger partial charge in [-0.2, -0.15) is 0 Å². The maximum Gasteiger partial charge on any atom is 0.254 e. The Morgan fingerprint density at radius 2 is 2.00 bits per heavy atom. The van der Waals surface area contributed by atoms with Crippen LogP contribution in [0.15, 0.2) is 18.2 Å². The highest BCUT2D eigenvalue weighted by Crippen LogP contribution is 2.30. The van der Waals surface area contributed by atoms with E-state index in [0.717, 1.165) is 25.8 Å². The molecule has 2 rings (SSSR count). The van der Waals surface area contributed by atoms with Crippen LogP contribution < -0.4 is 15.2 Å². The van der Waals surface area contributed by atoms with Gasteiger partial charge in [0.1, 0.15) is 0 Å². The number of amides is 1. The smallest absolute Gasteiger partial charge is 0.254 e. The zero-order chi connectivity index (χ0) is 17.0. The monoisotopic (exact) mass is 320 g/mol. The van der Waals surface area contributed by atoms with Gasteiger partial charge in [-0.1, -0.05) is 0 Å². The van der Waals surface area contributed by atoms with Crippen LogP contribution in [-0.2, 0) is 0 Å². The number of rotatable bonds is 5. The number of piperidine rings is 1. The second-order valence-electron chi connectivity index (χ2n) is 6.45. The minimum absolute atomic E-state index is 0.0152. The van der Waals surface area contributed by atoms with Crippen molar-refractivity contribution in [1.82, 2.24) is 4.90 Å². The fourth-order valence-corrected chi connectivity index (χ4v) is 3.07. The second kappa shape index (κ2) is 7.68. The summed E-state index contributed by atoms with van der Waals surface area (Å²) in [4.78, 5) is 14.8. The van der Waals surface area contributed by atoms with E-state index in [1.54, 1.807) is 25.3 Å². The predicted molar refractivity (Wildman–Crippen MR) is 91.1 cm³/mol. The third kappa shape index (κ3) is 4.16. The Morgan fingerprint density at radius 1 is 1.26 bits per heavy atom. The lowest BCUT2D eigenvalue weighted by molar-refractivity contribution is 0.0583. The van der Waals surface area contributed by atoms with Crippen molar-refractivity contribution in [3.63, 3.8) is 0 Å². The fraction of sp³-hybridized carbons (Fsp3) is 0.611. The zero-order valence-electron chi connectivity index (χ0n) is 14.5. The number of benzene rings is 1. The fourth-order valence-electron chi connectivity index (χ4n) is 3.07. The average Bonchev–Trinajstić information content (AvgIpc) is 2.54. The largest absolute Gasteiger partial charge is 0.493 e. The summed E-state index contributed by atoms with van der Waals surface area (Å²) in [6, 6.07) is 5.44. The molecular formula is C18H28N2O3. The number of nitrogens with zero attached hydrogens (tertiary/aromatic N) is 1. The number of hydrogen-bond acceptors (Lipinski definition) is 4. The predicted octanol–water partition coefficient (Wildman–Crippen LogP) is 2.82. The van der Waals surface area contributed by atoms with Crippen LogP contribution in [0, 0.1) is 0 Å². The van der Waals surface area contributed by atoms with Crippen LogP contribution in [0.4, 0.5) is 0 Å². The molecule has 1 amide bonds. The van der Waals surface area contributed by atoms with Crippen LogP contribution in [0.1, 0.15) is 50.4 Å². The SMILES string of the molecule is COc1cc(C(=O)N2CCCC[C@@H]2[C@H](C)N)ccc1OC(C)C. The lowest BCUT2D eigenvalue weighted by atomic mass is 9.96. The van der Waals surface area contributed by atoms with Crippen molar-refractivity contribution >= 4 is 5.91 Å². The van der Waals surface area contributed by atoms with E-state index in [9.17, 15) is 4.79 Å². The van der Waals surface area contributed by atoms with Crippen LogP contribution in [0.2, 0.25) is 0 Å². The van der Waals surface area contributed by atoms with E-state index < -0.39 is 0 Å². The molecule has 1 aromatic rings. The highest BCUT2D eigenvalue weighted by Gasteiger charge is 2.30. The van der Waals surface area contributed by atoms with Crippen molar-refractivity contribution in [3.05, 3.63) is 23.8 Å². The number of carbonyl (C=O) groups excluding carboxylic acids is 1. The molecule has 23 heavy (non-hydrogen) atoms. The summed E-state index contributed by atoms with van der Waals surface area (Å²) in [6.07, 6.45) is 3.17. The summed E-state index contributed by atoms with van der Waals surface area (Å²) in [5, 5.41) is 0. The highest BCUT2D eigenvalue weighted by molar-refractivity contribution is 5.95. The first-order valence-corrected chi connectivity index (χ1v) is 8.35. The third-order valence-electron chi connectivity index (χ3n) is 4.19. The standard InChI is InChI=1S/C18H28N2O3/c1-12(2)23-16-9-8-14(11-17(16)22-4)18(21)20-10-6-5-7-15(20)13(3)19/h8-9,11-13,15H,5-7,10,19H2,1-4H3/t13-,15+/m0/s1. The Bertz CT molecular complexity index is 543. The van der Waals surface area contributed by atoms with E-state index in [0.29, 0.717) is 17.1 Å². The quantitative estimate of drug-likeness (QED) is 0.906. The van der Waals surface area contributed by atoms with E-state index in [1.165, 1.54) is 0 Å². The van der Waals surface area contributed by atoms with Crippen molar-refractivity contribution < 1.29 is 14.3 Å². The first-order chi connectivity index (χ1) is 10.9. The zero-order valence-corrected chi connectivity index (χ0v) is 14.5. The van der Waals surface area contributed by atoms with Crippen LogP contribution in [0.5, 0.6) is 11.5 Å². The Labute approximate surface area is 138 Å². The maximum absolute atomic E-state index is 12.9. The molecule has 1 aliphatic heterocycles. The molecular weight excluding hydrogens is 292 g/mol. The summed E-state index contributed by atoms with van der Waals surface area (Å²) in [5.41, 5.74) is 6.69. The molecule has 0 bridgehead atoms. The molecule has 5 nitrogen and oxygen atoms in total. The van der Waals surface area contributed by atoms with Crippen LogP contribution in [0.3, 0.4) is 0 Å². The molecule has 0 saturated carbocycles. The van der Waals surface area contributed by atoms with Gasteiger partial charge in [-0.25, -0.2) is 0 Å². The van der Waals surface area contributed by atoms with Crippen molar-refractivity contribution in [1.29, 1.82) is 0 Å².